The number of rotatable bonds is 6. The highest BCUT2D eigenvalue weighted by molar-refractivity contribution is 7.16. The summed E-state index contributed by atoms with van der Waals surface area (Å²) < 4.78 is 50.2. The fourth-order valence-electron chi connectivity index (χ4n) is 2.39. The molecule has 1 heterocycles. The average molecular weight is 396 g/mol. The van der Waals surface area contributed by atoms with E-state index < -0.39 is 29.7 Å². The molecule has 0 aliphatic rings. The zero-order chi connectivity index (χ0) is 20.3. The SMILES string of the molecule is CCc1c(C)sc(NC(NC(C)=O)(C(=O)OC)C(F)(F)F)c1C(=O)OC. The number of carbonyl (C=O) groups is 3. The Kier molecular flexibility index (Phi) is 6.64. The van der Waals surface area contributed by atoms with E-state index in [9.17, 15) is 27.6 Å². The summed E-state index contributed by atoms with van der Waals surface area (Å²) in [7, 11) is 1.84. The zero-order valence-corrected chi connectivity index (χ0v) is 15.6. The van der Waals surface area contributed by atoms with E-state index in [-0.39, 0.29) is 10.6 Å². The van der Waals surface area contributed by atoms with Crippen molar-refractivity contribution in [3.05, 3.63) is 16.0 Å². The number of hydrogen-bond acceptors (Lipinski definition) is 7. The van der Waals surface area contributed by atoms with Crippen LogP contribution in [0.5, 0.6) is 0 Å². The Morgan fingerprint density at radius 2 is 1.73 bits per heavy atom. The van der Waals surface area contributed by atoms with Crippen LogP contribution in [0.1, 0.15) is 34.6 Å². The minimum atomic E-state index is -5.26. The van der Waals surface area contributed by atoms with Crippen molar-refractivity contribution in [3.8, 4) is 0 Å². The molecular weight excluding hydrogens is 377 g/mol. The molecule has 7 nitrogen and oxygen atoms in total. The van der Waals surface area contributed by atoms with E-state index in [1.807, 2.05) is 5.32 Å². The molecule has 1 aromatic heterocycles. The second-order valence-corrected chi connectivity index (χ2v) is 6.46. The molecule has 0 radical (unpaired) electrons. The molecule has 0 aliphatic heterocycles. The summed E-state index contributed by atoms with van der Waals surface area (Å²) in [6.45, 7) is 4.16. The number of alkyl halides is 3. The number of hydrogen-bond donors (Lipinski definition) is 2. The zero-order valence-electron chi connectivity index (χ0n) is 14.8. The van der Waals surface area contributed by atoms with Crippen LogP contribution in [-0.4, -0.2) is 43.9 Å². The minimum Gasteiger partial charge on any atom is -0.466 e. The van der Waals surface area contributed by atoms with Gasteiger partial charge in [0.1, 0.15) is 5.00 Å². The number of aryl methyl sites for hydroxylation is 1. The molecule has 1 aromatic rings. The first kappa shape index (κ1) is 21.7. The number of amides is 1. The number of nitrogens with one attached hydrogen (secondary N) is 2. The molecule has 1 atom stereocenters. The van der Waals surface area contributed by atoms with Crippen molar-refractivity contribution in [2.75, 3.05) is 19.5 Å². The van der Waals surface area contributed by atoms with Crippen LogP contribution in [0.4, 0.5) is 18.2 Å². The van der Waals surface area contributed by atoms with Crippen molar-refractivity contribution in [2.24, 2.45) is 0 Å². The number of esters is 2. The molecule has 1 amide bonds. The van der Waals surface area contributed by atoms with Crippen LogP contribution in [-0.2, 0) is 25.5 Å². The standard InChI is InChI=1S/C15H19F3N2O5S/c1-6-9-7(2)26-11(10(9)12(22)24-4)20-14(13(23)25-5,15(16,17)18)19-8(3)21/h20H,6H2,1-5H3,(H,19,21). The molecule has 26 heavy (non-hydrogen) atoms. The van der Waals surface area contributed by atoms with Gasteiger partial charge < -0.3 is 20.1 Å². The third kappa shape index (κ3) is 3.92. The van der Waals surface area contributed by atoms with Gasteiger partial charge in [0.25, 0.3) is 0 Å². The largest absolute Gasteiger partial charge is 0.466 e. The molecule has 1 unspecified atom stereocenters. The van der Waals surface area contributed by atoms with Gasteiger partial charge >= 0.3 is 23.8 Å². The highest BCUT2D eigenvalue weighted by Crippen LogP contribution is 2.39. The fraction of sp³-hybridized carbons (Fsp3) is 0.533. The topological polar surface area (TPSA) is 93.7 Å². The monoisotopic (exact) mass is 396 g/mol. The number of ether oxygens (including phenoxy) is 2. The van der Waals surface area contributed by atoms with Crippen molar-refractivity contribution in [1.29, 1.82) is 0 Å². The van der Waals surface area contributed by atoms with Crippen LogP contribution >= 0.6 is 11.3 Å². The first-order valence-corrected chi connectivity index (χ1v) is 8.19. The molecule has 0 fully saturated rings. The lowest BCUT2D eigenvalue weighted by Crippen LogP contribution is -2.69. The predicted molar refractivity (Wildman–Crippen MR) is 88.0 cm³/mol. The molecule has 1 rings (SSSR count). The lowest BCUT2D eigenvalue weighted by molar-refractivity contribution is -0.206. The van der Waals surface area contributed by atoms with Crippen LogP contribution in [0.15, 0.2) is 0 Å². The van der Waals surface area contributed by atoms with E-state index in [0.717, 1.165) is 32.5 Å². The number of halogens is 3. The Morgan fingerprint density at radius 1 is 1.15 bits per heavy atom. The summed E-state index contributed by atoms with van der Waals surface area (Å²) in [5, 5.41) is 3.29. The number of anilines is 1. The Hall–Kier alpha value is -2.30. The van der Waals surface area contributed by atoms with Gasteiger partial charge in [0.2, 0.25) is 5.91 Å². The van der Waals surface area contributed by atoms with Crippen molar-refractivity contribution < 1.29 is 37.0 Å². The number of thiophene rings is 1. The second kappa shape index (κ2) is 7.94. The van der Waals surface area contributed by atoms with Crippen LogP contribution in [0.25, 0.3) is 0 Å². The van der Waals surface area contributed by atoms with Crippen molar-refractivity contribution in [3.63, 3.8) is 0 Å². The van der Waals surface area contributed by atoms with Gasteiger partial charge in [-0.05, 0) is 18.9 Å². The number of carbonyl (C=O) groups excluding carboxylic acids is 3. The minimum absolute atomic E-state index is 0.125. The van der Waals surface area contributed by atoms with Crippen molar-refractivity contribution in [1.82, 2.24) is 5.32 Å². The molecule has 11 heteroatoms. The predicted octanol–water partition coefficient (Wildman–Crippen LogP) is 2.39. The number of methoxy groups -OCH3 is 2. The van der Waals surface area contributed by atoms with Crippen molar-refractivity contribution in [2.45, 2.75) is 39.0 Å². The summed E-state index contributed by atoms with van der Waals surface area (Å²) in [4.78, 5) is 36.0. The molecular formula is C15H19F3N2O5S. The Bertz CT molecular complexity index is 717. The van der Waals surface area contributed by atoms with Crippen LogP contribution in [0.2, 0.25) is 0 Å². The van der Waals surface area contributed by atoms with Crippen LogP contribution in [0, 0.1) is 6.92 Å². The van der Waals surface area contributed by atoms with E-state index in [2.05, 4.69) is 9.47 Å². The van der Waals surface area contributed by atoms with Gasteiger partial charge in [-0.15, -0.1) is 11.3 Å². The highest BCUT2D eigenvalue weighted by atomic mass is 32.1. The molecule has 0 spiro atoms. The van der Waals surface area contributed by atoms with Gasteiger partial charge in [-0.2, -0.15) is 13.2 Å². The van der Waals surface area contributed by atoms with Gasteiger partial charge in [-0.1, -0.05) is 6.92 Å². The Balaban J connectivity index is 3.65. The quantitative estimate of drug-likeness (QED) is 0.567. The molecule has 146 valence electrons. The lowest BCUT2D eigenvalue weighted by atomic mass is 10.1. The summed E-state index contributed by atoms with van der Waals surface area (Å²) >= 11 is 0.836. The first-order valence-electron chi connectivity index (χ1n) is 7.37. The third-order valence-corrected chi connectivity index (χ3v) is 4.60. The van der Waals surface area contributed by atoms with E-state index in [1.165, 1.54) is 0 Å². The second-order valence-electron chi connectivity index (χ2n) is 5.23. The molecule has 0 aromatic carbocycles. The van der Waals surface area contributed by atoms with Crippen LogP contribution < -0.4 is 10.6 Å². The van der Waals surface area contributed by atoms with Crippen molar-refractivity contribution >= 4 is 34.2 Å². The van der Waals surface area contributed by atoms with Gasteiger partial charge in [-0.3, -0.25) is 4.79 Å². The molecule has 0 saturated carbocycles. The van der Waals surface area contributed by atoms with E-state index in [4.69, 9.17) is 0 Å². The average Bonchev–Trinajstić information content (AvgIpc) is 2.86. The first-order chi connectivity index (χ1) is 11.9. The smallest absolute Gasteiger partial charge is 0.441 e. The highest BCUT2D eigenvalue weighted by Gasteiger charge is 2.63. The fourth-order valence-corrected chi connectivity index (χ4v) is 3.58. The molecule has 0 saturated heterocycles. The van der Waals surface area contributed by atoms with E-state index >= 15 is 0 Å². The third-order valence-electron chi connectivity index (χ3n) is 3.53. The van der Waals surface area contributed by atoms with Gasteiger partial charge in [0.15, 0.2) is 0 Å². The van der Waals surface area contributed by atoms with Gasteiger partial charge in [-0.25, -0.2) is 9.59 Å². The molecule has 0 aliphatic carbocycles. The summed E-state index contributed by atoms with van der Waals surface area (Å²) in [6, 6.07) is 0. The maximum atomic E-state index is 13.8. The maximum absolute atomic E-state index is 13.8. The molecule has 0 bridgehead atoms. The lowest BCUT2D eigenvalue weighted by Gasteiger charge is -2.34. The normalized spacial score (nSPS) is 13.5. The Morgan fingerprint density at radius 3 is 2.12 bits per heavy atom. The summed E-state index contributed by atoms with van der Waals surface area (Å²) in [5.74, 6) is -3.76. The van der Waals surface area contributed by atoms with E-state index in [0.29, 0.717) is 16.9 Å². The summed E-state index contributed by atoms with van der Waals surface area (Å²) in [5.41, 5.74) is -3.20. The maximum Gasteiger partial charge on any atom is 0.441 e. The molecule has 2 N–H and O–H groups in total. The Labute approximate surface area is 151 Å². The van der Waals surface area contributed by atoms with Crippen LogP contribution in [0.3, 0.4) is 0 Å². The van der Waals surface area contributed by atoms with Gasteiger partial charge in [0.05, 0.1) is 19.8 Å². The van der Waals surface area contributed by atoms with Gasteiger partial charge in [0, 0.05) is 11.8 Å². The van der Waals surface area contributed by atoms with E-state index in [1.54, 1.807) is 19.2 Å². The summed E-state index contributed by atoms with van der Waals surface area (Å²) in [6.07, 6.45) is -4.91.